The van der Waals surface area contributed by atoms with Crippen LogP contribution in [-0.4, -0.2) is 44.4 Å². The number of rotatable bonds is 7. The number of methoxy groups -OCH3 is 2. The lowest BCUT2D eigenvalue weighted by Crippen LogP contribution is -2.15. The summed E-state index contributed by atoms with van der Waals surface area (Å²) in [7, 11) is 3.11. The molecular weight excluding hydrogens is 450 g/mol. The summed E-state index contributed by atoms with van der Waals surface area (Å²) in [6.45, 7) is -0.305. The van der Waals surface area contributed by atoms with Gasteiger partial charge < -0.3 is 23.7 Å². The third kappa shape index (κ3) is 4.33. The molecule has 0 fully saturated rings. The minimum absolute atomic E-state index is 0.111. The van der Waals surface area contributed by atoms with Gasteiger partial charge in [0.2, 0.25) is 6.79 Å². The fraction of sp³-hybridized carbons (Fsp3) is 0.148. The molecule has 8 nitrogen and oxygen atoms in total. The number of benzene rings is 3. The van der Waals surface area contributed by atoms with Gasteiger partial charge in [-0.1, -0.05) is 18.2 Å². The van der Waals surface area contributed by atoms with E-state index >= 15 is 0 Å². The van der Waals surface area contributed by atoms with Crippen LogP contribution in [0.25, 0.3) is 22.2 Å². The predicted octanol–water partition coefficient (Wildman–Crippen LogP) is 4.69. The topological polar surface area (TPSA) is 93.2 Å². The Balaban J connectivity index is 1.43. The first-order valence-corrected chi connectivity index (χ1v) is 10.8. The van der Waals surface area contributed by atoms with Crippen LogP contribution < -0.4 is 18.9 Å². The van der Waals surface area contributed by atoms with Gasteiger partial charge >= 0.3 is 5.97 Å². The molecule has 176 valence electrons. The molecule has 8 heteroatoms. The Morgan fingerprint density at radius 1 is 0.886 bits per heavy atom. The summed E-state index contributed by atoms with van der Waals surface area (Å²) in [5.41, 5.74) is 2.58. The van der Waals surface area contributed by atoms with Crippen LogP contribution in [0.15, 0.2) is 66.7 Å². The van der Waals surface area contributed by atoms with Crippen LogP contribution in [0.4, 0.5) is 0 Å². The number of hydrogen-bond acceptors (Lipinski definition) is 8. The summed E-state index contributed by atoms with van der Waals surface area (Å²) in [4.78, 5) is 30.4. The zero-order valence-corrected chi connectivity index (χ0v) is 19.1. The fourth-order valence-corrected chi connectivity index (χ4v) is 3.85. The molecular formula is C27H21NO7. The number of ether oxygens (including phenoxy) is 5. The van der Waals surface area contributed by atoms with Gasteiger partial charge in [-0.2, -0.15) is 0 Å². The van der Waals surface area contributed by atoms with E-state index in [0.29, 0.717) is 50.7 Å². The van der Waals surface area contributed by atoms with Gasteiger partial charge in [0.1, 0.15) is 0 Å². The highest BCUT2D eigenvalue weighted by Crippen LogP contribution is 2.34. The molecule has 0 aliphatic carbocycles. The third-order valence-electron chi connectivity index (χ3n) is 5.64. The van der Waals surface area contributed by atoms with Crippen molar-refractivity contribution < 1.29 is 33.3 Å². The van der Waals surface area contributed by atoms with E-state index in [1.807, 2.05) is 24.3 Å². The summed E-state index contributed by atoms with van der Waals surface area (Å²) < 4.78 is 26.7. The molecule has 0 saturated heterocycles. The molecule has 35 heavy (non-hydrogen) atoms. The molecule has 0 spiro atoms. The van der Waals surface area contributed by atoms with Crippen LogP contribution in [0.2, 0.25) is 0 Å². The summed E-state index contributed by atoms with van der Waals surface area (Å²) in [6, 6.07) is 19.1. The number of Topliss-reactive ketones (excluding diaryl/α,β-unsaturated/α-hetero) is 1. The average molecular weight is 471 g/mol. The second kappa shape index (κ2) is 9.34. The molecule has 0 radical (unpaired) electrons. The number of pyridine rings is 1. The number of esters is 1. The van der Waals surface area contributed by atoms with Gasteiger partial charge in [0.05, 0.1) is 31.0 Å². The maximum atomic E-state index is 13.1. The molecule has 3 aromatic carbocycles. The molecule has 0 amide bonds. The van der Waals surface area contributed by atoms with Crippen molar-refractivity contribution in [2.24, 2.45) is 0 Å². The number of fused-ring (bicyclic) bond motifs is 2. The van der Waals surface area contributed by atoms with Gasteiger partial charge in [-0.25, -0.2) is 9.78 Å². The van der Waals surface area contributed by atoms with Crippen molar-refractivity contribution in [3.05, 3.63) is 77.9 Å². The van der Waals surface area contributed by atoms with Crippen molar-refractivity contribution in [2.45, 2.75) is 0 Å². The monoisotopic (exact) mass is 471 g/mol. The molecule has 0 bridgehead atoms. The van der Waals surface area contributed by atoms with Crippen LogP contribution in [0.3, 0.4) is 0 Å². The van der Waals surface area contributed by atoms with E-state index in [1.54, 1.807) is 56.7 Å². The Kier molecular flexibility index (Phi) is 5.93. The Morgan fingerprint density at radius 2 is 1.69 bits per heavy atom. The standard InChI is InChI=1S/C27H21NO7/c1-31-23-9-7-16(11-25(23)32-2)21-13-19(18-5-3-4-6-20(18)28-21)27(30)33-14-22(29)17-8-10-24-26(12-17)35-15-34-24/h3-13H,14-15H2,1-2H3. The number of nitrogens with zero attached hydrogens (tertiary/aromatic N) is 1. The van der Waals surface area contributed by atoms with Crippen molar-refractivity contribution >= 4 is 22.7 Å². The summed E-state index contributed by atoms with van der Waals surface area (Å²) in [5, 5.41) is 0.622. The van der Waals surface area contributed by atoms with Crippen LogP contribution in [0.5, 0.6) is 23.0 Å². The van der Waals surface area contributed by atoms with E-state index in [-0.39, 0.29) is 12.6 Å². The molecule has 0 N–H and O–H groups in total. The van der Waals surface area contributed by atoms with Crippen LogP contribution in [0.1, 0.15) is 20.7 Å². The largest absolute Gasteiger partial charge is 0.493 e. The van der Waals surface area contributed by atoms with E-state index < -0.39 is 12.6 Å². The van der Waals surface area contributed by atoms with E-state index in [0.717, 1.165) is 5.56 Å². The van der Waals surface area contributed by atoms with Gasteiger partial charge in [0.25, 0.3) is 0 Å². The van der Waals surface area contributed by atoms with Gasteiger partial charge in [-0.3, -0.25) is 4.79 Å². The first-order chi connectivity index (χ1) is 17.1. The molecule has 1 aromatic heterocycles. The molecule has 5 rings (SSSR count). The quantitative estimate of drug-likeness (QED) is 0.283. The molecule has 0 saturated carbocycles. The summed E-state index contributed by atoms with van der Waals surface area (Å²) in [5.74, 6) is 1.21. The Morgan fingerprint density at radius 3 is 2.51 bits per heavy atom. The minimum Gasteiger partial charge on any atom is -0.493 e. The molecule has 1 aliphatic rings. The highest BCUT2D eigenvalue weighted by Gasteiger charge is 2.20. The van der Waals surface area contributed by atoms with Crippen LogP contribution >= 0.6 is 0 Å². The number of para-hydroxylation sites is 1. The zero-order chi connectivity index (χ0) is 24.4. The zero-order valence-electron chi connectivity index (χ0n) is 19.1. The average Bonchev–Trinajstić information content (AvgIpc) is 3.38. The number of ketones is 1. The van der Waals surface area contributed by atoms with Crippen LogP contribution in [-0.2, 0) is 4.74 Å². The van der Waals surface area contributed by atoms with Crippen molar-refractivity contribution in [3.63, 3.8) is 0 Å². The Labute approximate surface area is 201 Å². The number of aromatic nitrogens is 1. The number of hydrogen-bond donors (Lipinski definition) is 0. The van der Waals surface area contributed by atoms with Crippen molar-refractivity contribution in [1.29, 1.82) is 0 Å². The lowest BCUT2D eigenvalue weighted by atomic mass is 10.0. The van der Waals surface area contributed by atoms with Crippen molar-refractivity contribution in [3.8, 4) is 34.3 Å². The lowest BCUT2D eigenvalue weighted by molar-refractivity contribution is 0.0476. The van der Waals surface area contributed by atoms with Gasteiger partial charge in [0.15, 0.2) is 35.4 Å². The van der Waals surface area contributed by atoms with Gasteiger partial charge in [0, 0.05) is 16.5 Å². The van der Waals surface area contributed by atoms with E-state index in [9.17, 15) is 9.59 Å². The molecule has 0 unspecified atom stereocenters. The first kappa shape index (κ1) is 22.2. The van der Waals surface area contributed by atoms with Gasteiger partial charge in [-0.15, -0.1) is 0 Å². The molecule has 0 atom stereocenters. The van der Waals surface area contributed by atoms with E-state index in [2.05, 4.69) is 0 Å². The van der Waals surface area contributed by atoms with E-state index in [4.69, 9.17) is 28.7 Å². The first-order valence-electron chi connectivity index (χ1n) is 10.8. The molecule has 1 aliphatic heterocycles. The smallest absolute Gasteiger partial charge is 0.339 e. The predicted molar refractivity (Wildman–Crippen MR) is 127 cm³/mol. The fourth-order valence-electron chi connectivity index (χ4n) is 3.85. The summed E-state index contributed by atoms with van der Waals surface area (Å²) >= 11 is 0. The summed E-state index contributed by atoms with van der Waals surface area (Å²) in [6.07, 6.45) is 0. The highest BCUT2D eigenvalue weighted by atomic mass is 16.7. The normalized spacial score (nSPS) is 11.8. The second-order valence-electron chi connectivity index (χ2n) is 7.71. The lowest BCUT2D eigenvalue weighted by Gasteiger charge is -2.12. The maximum Gasteiger partial charge on any atom is 0.339 e. The number of carbonyl (C=O) groups excluding carboxylic acids is 2. The molecule has 2 heterocycles. The highest BCUT2D eigenvalue weighted by molar-refractivity contribution is 6.06. The SMILES string of the molecule is COc1ccc(-c2cc(C(=O)OCC(=O)c3ccc4c(c3)OCO4)c3ccccc3n2)cc1OC. The van der Waals surface area contributed by atoms with Crippen LogP contribution in [0, 0.1) is 0 Å². The third-order valence-corrected chi connectivity index (χ3v) is 5.64. The van der Waals surface area contributed by atoms with Gasteiger partial charge in [-0.05, 0) is 48.5 Å². The number of carbonyl (C=O) groups is 2. The minimum atomic E-state index is -0.626. The van der Waals surface area contributed by atoms with Crippen molar-refractivity contribution in [1.82, 2.24) is 4.98 Å². The Hall–Kier alpha value is -4.59. The van der Waals surface area contributed by atoms with Crippen molar-refractivity contribution in [2.75, 3.05) is 27.6 Å². The molecule has 4 aromatic rings. The maximum absolute atomic E-state index is 13.1. The Bertz CT molecular complexity index is 1450. The second-order valence-corrected chi connectivity index (χ2v) is 7.71. The van der Waals surface area contributed by atoms with E-state index in [1.165, 1.54) is 0 Å².